The third-order valence-corrected chi connectivity index (χ3v) is 4.58. The molecule has 0 fully saturated rings. The molecule has 1 aromatic heterocycles. The maximum absolute atomic E-state index is 14.1. The Labute approximate surface area is 122 Å². The van der Waals surface area contributed by atoms with E-state index >= 15 is 0 Å². The van der Waals surface area contributed by atoms with Gasteiger partial charge in [0, 0.05) is 15.3 Å². The molecule has 108 valence electrons. The SMILES string of the molecule is CCCNC(c1cc(C)c(C)s1)c1cccc(F)c1F. The van der Waals surface area contributed by atoms with E-state index in [0.717, 1.165) is 23.9 Å². The summed E-state index contributed by atoms with van der Waals surface area (Å²) >= 11 is 1.63. The number of hydrogen-bond acceptors (Lipinski definition) is 2. The molecule has 20 heavy (non-hydrogen) atoms. The lowest BCUT2D eigenvalue weighted by molar-refractivity contribution is 0.481. The van der Waals surface area contributed by atoms with Crippen molar-refractivity contribution in [3.05, 3.63) is 56.8 Å². The fraction of sp³-hybridized carbons (Fsp3) is 0.375. The molecule has 0 aliphatic heterocycles. The largest absolute Gasteiger partial charge is 0.306 e. The lowest BCUT2D eigenvalue weighted by Crippen LogP contribution is -2.23. The average Bonchev–Trinajstić information content (AvgIpc) is 2.74. The van der Waals surface area contributed by atoms with E-state index in [9.17, 15) is 8.78 Å². The number of halogens is 2. The van der Waals surface area contributed by atoms with Crippen molar-refractivity contribution in [2.75, 3.05) is 6.54 Å². The van der Waals surface area contributed by atoms with Crippen LogP contribution in [0.5, 0.6) is 0 Å². The zero-order valence-corrected chi connectivity index (χ0v) is 12.8. The van der Waals surface area contributed by atoms with Gasteiger partial charge in [-0.25, -0.2) is 8.78 Å². The van der Waals surface area contributed by atoms with Crippen molar-refractivity contribution < 1.29 is 8.78 Å². The van der Waals surface area contributed by atoms with E-state index in [0.29, 0.717) is 5.56 Å². The quantitative estimate of drug-likeness (QED) is 0.840. The van der Waals surface area contributed by atoms with Gasteiger partial charge >= 0.3 is 0 Å². The molecule has 0 aliphatic carbocycles. The Balaban J connectivity index is 2.44. The number of benzene rings is 1. The molecule has 2 rings (SSSR count). The summed E-state index contributed by atoms with van der Waals surface area (Å²) in [6.45, 7) is 6.89. The summed E-state index contributed by atoms with van der Waals surface area (Å²) in [5, 5.41) is 3.31. The van der Waals surface area contributed by atoms with Crippen LogP contribution in [0, 0.1) is 25.5 Å². The fourth-order valence-electron chi connectivity index (χ4n) is 2.14. The van der Waals surface area contributed by atoms with Crippen molar-refractivity contribution in [2.24, 2.45) is 0 Å². The van der Waals surface area contributed by atoms with Gasteiger partial charge in [-0.3, -0.25) is 0 Å². The van der Waals surface area contributed by atoms with E-state index in [1.54, 1.807) is 23.5 Å². The van der Waals surface area contributed by atoms with Crippen molar-refractivity contribution in [2.45, 2.75) is 33.2 Å². The second kappa shape index (κ2) is 6.46. The molecule has 2 aromatic rings. The van der Waals surface area contributed by atoms with E-state index in [1.807, 2.05) is 13.8 Å². The first-order chi connectivity index (χ1) is 9.54. The van der Waals surface area contributed by atoms with Crippen LogP contribution in [0.4, 0.5) is 8.78 Å². The molecule has 1 aromatic carbocycles. The van der Waals surface area contributed by atoms with Crippen LogP contribution in [0.25, 0.3) is 0 Å². The van der Waals surface area contributed by atoms with Crippen molar-refractivity contribution in [1.29, 1.82) is 0 Å². The minimum atomic E-state index is -0.796. The number of nitrogens with one attached hydrogen (secondary N) is 1. The van der Waals surface area contributed by atoms with Crippen LogP contribution in [0.2, 0.25) is 0 Å². The smallest absolute Gasteiger partial charge is 0.163 e. The van der Waals surface area contributed by atoms with Crippen LogP contribution in [-0.4, -0.2) is 6.54 Å². The zero-order valence-electron chi connectivity index (χ0n) is 12.0. The Bertz CT molecular complexity index is 573. The van der Waals surface area contributed by atoms with Crippen LogP contribution < -0.4 is 5.32 Å². The van der Waals surface area contributed by atoms with Crippen LogP contribution >= 0.6 is 11.3 Å². The molecule has 1 heterocycles. The maximum atomic E-state index is 14.1. The number of rotatable bonds is 5. The molecule has 1 unspecified atom stereocenters. The van der Waals surface area contributed by atoms with Crippen molar-refractivity contribution in [3.63, 3.8) is 0 Å². The van der Waals surface area contributed by atoms with Crippen LogP contribution in [-0.2, 0) is 0 Å². The predicted octanol–water partition coefficient (Wildman–Crippen LogP) is 4.73. The van der Waals surface area contributed by atoms with Gasteiger partial charge in [-0.15, -0.1) is 11.3 Å². The normalized spacial score (nSPS) is 12.7. The molecular weight excluding hydrogens is 276 g/mol. The maximum Gasteiger partial charge on any atom is 0.163 e. The van der Waals surface area contributed by atoms with Crippen molar-refractivity contribution >= 4 is 11.3 Å². The van der Waals surface area contributed by atoms with Gasteiger partial charge in [-0.2, -0.15) is 0 Å². The minimum absolute atomic E-state index is 0.289. The van der Waals surface area contributed by atoms with Gasteiger partial charge in [-0.05, 0) is 44.5 Å². The Morgan fingerprint density at radius 3 is 2.60 bits per heavy atom. The number of thiophene rings is 1. The molecule has 0 bridgehead atoms. The van der Waals surface area contributed by atoms with Crippen LogP contribution in [0.15, 0.2) is 24.3 Å². The summed E-state index contributed by atoms with van der Waals surface area (Å²) in [4.78, 5) is 2.23. The van der Waals surface area contributed by atoms with Crippen molar-refractivity contribution in [1.82, 2.24) is 5.32 Å². The third kappa shape index (κ3) is 3.07. The number of aryl methyl sites for hydroxylation is 2. The van der Waals surface area contributed by atoms with Crippen LogP contribution in [0.1, 0.15) is 40.3 Å². The molecule has 1 N–H and O–H groups in total. The van der Waals surface area contributed by atoms with E-state index < -0.39 is 11.6 Å². The molecule has 0 spiro atoms. The highest BCUT2D eigenvalue weighted by atomic mass is 32.1. The Hall–Kier alpha value is -1.26. The topological polar surface area (TPSA) is 12.0 Å². The van der Waals surface area contributed by atoms with Gasteiger partial charge in [0.25, 0.3) is 0 Å². The first-order valence-corrected chi connectivity index (χ1v) is 7.60. The average molecular weight is 295 g/mol. The van der Waals surface area contributed by atoms with E-state index in [-0.39, 0.29) is 6.04 Å². The van der Waals surface area contributed by atoms with Gasteiger partial charge in [0.15, 0.2) is 11.6 Å². The molecule has 0 saturated carbocycles. The Kier molecular flexibility index (Phi) is 4.89. The van der Waals surface area contributed by atoms with Gasteiger partial charge in [0.1, 0.15) is 0 Å². The minimum Gasteiger partial charge on any atom is -0.306 e. The molecule has 0 aliphatic rings. The highest BCUT2D eigenvalue weighted by molar-refractivity contribution is 7.12. The molecular formula is C16H19F2NS. The molecule has 1 nitrogen and oxygen atoms in total. The third-order valence-electron chi connectivity index (χ3n) is 3.36. The van der Waals surface area contributed by atoms with Gasteiger partial charge < -0.3 is 5.32 Å². The van der Waals surface area contributed by atoms with E-state index in [1.165, 1.54) is 10.4 Å². The summed E-state index contributed by atoms with van der Waals surface area (Å²) in [7, 11) is 0. The second-order valence-electron chi connectivity index (χ2n) is 4.92. The van der Waals surface area contributed by atoms with Gasteiger partial charge in [0.05, 0.1) is 6.04 Å². The number of hydrogen-bond donors (Lipinski definition) is 1. The summed E-state index contributed by atoms with van der Waals surface area (Å²) in [5.74, 6) is -1.55. The first-order valence-electron chi connectivity index (χ1n) is 6.78. The highest BCUT2D eigenvalue weighted by Gasteiger charge is 2.21. The second-order valence-corrected chi connectivity index (χ2v) is 6.21. The lowest BCUT2D eigenvalue weighted by atomic mass is 10.0. The van der Waals surface area contributed by atoms with E-state index in [4.69, 9.17) is 0 Å². The standard InChI is InChI=1S/C16H19F2NS/c1-4-8-19-16(14-9-10(2)11(3)20-14)12-6-5-7-13(17)15(12)18/h5-7,9,16,19H,4,8H2,1-3H3. The van der Waals surface area contributed by atoms with Crippen molar-refractivity contribution in [3.8, 4) is 0 Å². The summed E-state index contributed by atoms with van der Waals surface area (Å²) in [5.41, 5.74) is 1.56. The predicted molar refractivity (Wildman–Crippen MR) is 80.3 cm³/mol. The molecule has 1 atom stereocenters. The summed E-state index contributed by atoms with van der Waals surface area (Å²) in [6, 6.07) is 6.12. The van der Waals surface area contributed by atoms with E-state index in [2.05, 4.69) is 18.3 Å². The Morgan fingerprint density at radius 2 is 2.00 bits per heavy atom. The summed E-state index contributed by atoms with van der Waals surface area (Å²) in [6.07, 6.45) is 0.941. The van der Waals surface area contributed by atoms with Gasteiger partial charge in [0.2, 0.25) is 0 Å². The first kappa shape index (κ1) is 15.1. The lowest BCUT2D eigenvalue weighted by Gasteiger charge is -2.18. The highest BCUT2D eigenvalue weighted by Crippen LogP contribution is 2.32. The zero-order chi connectivity index (χ0) is 14.7. The molecule has 4 heteroatoms. The van der Waals surface area contributed by atoms with Gasteiger partial charge in [-0.1, -0.05) is 19.1 Å². The fourth-order valence-corrected chi connectivity index (χ4v) is 3.28. The summed E-state index contributed by atoms with van der Waals surface area (Å²) < 4.78 is 27.5. The Morgan fingerprint density at radius 1 is 1.25 bits per heavy atom. The molecule has 0 saturated heterocycles. The molecule has 0 radical (unpaired) electrons. The molecule has 0 amide bonds. The van der Waals surface area contributed by atoms with Crippen LogP contribution in [0.3, 0.4) is 0 Å². The monoisotopic (exact) mass is 295 g/mol.